The van der Waals surface area contributed by atoms with Crippen LogP contribution < -0.4 is 5.43 Å². The van der Waals surface area contributed by atoms with Crippen molar-refractivity contribution in [3.05, 3.63) is 99.1 Å². The standard InChI is InChI=1S/C19H14N6O6S/c26-24(27)16-10-6-14(7-11-16)20-22-19(32(30,31)18-4-2-1-3-5-18)23-21-15-8-12-17(13-9-15)25(28)29/h1-13,20H/b22-19+,23-21?. The molecule has 1 N–H and O–H groups in total. The van der Waals surface area contributed by atoms with Crippen molar-refractivity contribution in [1.82, 2.24) is 0 Å². The van der Waals surface area contributed by atoms with E-state index in [2.05, 4.69) is 20.8 Å². The number of sulfone groups is 1. The molecule has 32 heavy (non-hydrogen) atoms. The van der Waals surface area contributed by atoms with Gasteiger partial charge in [-0.2, -0.15) is 0 Å². The molecule has 0 aliphatic carbocycles. The van der Waals surface area contributed by atoms with Gasteiger partial charge in [-0.3, -0.25) is 25.7 Å². The maximum absolute atomic E-state index is 13.0. The number of nitrogens with one attached hydrogen (secondary N) is 1. The van der Waals surface area contributed by atoms with Crippen molar-refractivity contribution in [2.45, 2.75) is 4.90 Å². The molecule has 0 amide bonds. The maximum atomic E-state index is 13.0. The minimum Gasteiger partial charge on any atom is -0.276 e. The molecule has 12 nitrogen and oxygen atoms in total. The van der Waals surface area contributed by atoms with E-state index in [1.165, 1.54) is 72.8 Å². The van der Waals surface area contributed by atoms with Gasteiger partial charge in [0, 0.05) is 24.3 Å². The van der Waals surface area contributed by atoms with Gasteiger partial charge in [0.15, 0.2) is 0 Å². The molecule has 0 saturated carbocycles. The van der Waals surface area contributed by atoms with Gasteiger partial charge in [-0.15, -0.1) is 15.3 Å². The highest BCUT2D eigenvalue weighted by Gasteiger charge is 2.23. The number of azo groups is 1. The van der Waals surface area contributed by atoms with E-state index in [1.807, 2.05) is 0 Å². The topological polar surface area (TPSA) is 170 Å². The summed E-state index contributed by atoms with van der Waals surface area (Å²) in [6.45, 7) is 0. The lowest BCUT2D eigenvalue weighted by Gasteiger charge is -2.05. The molecule has 162 valence electrons. The zero-order valence-electron chi connectivity index (χ0n) is 16.1. The Labute approximate surface area is 181 Å². The van der Waals surface area contributed by atoms with Crippen LogP contribution in [0, 0.1) is 20.2 Å². The van der Waals surface area contributed by atoms with Crippen LogP contribution in [0.15, 0.2) is 99.1 Å². The van der Waals surface area contributed by atoms with E-state index in [0.29, 0.717) is 0 Å². The summed E-state index contributed by atoms with van der Waals surface area (Å²) in [7, 11) is -4.17. The van der Waals surface area contributed by atoms with E-state index >= 15 is 0 Å². The first-order chi connectivity index (χ1) is 15.3. The van der Waals surface area contributed by atoms with Crippen LogP contribution in [0.2, 0.25) is 0 Å². The summed E-state index contributed by atoms with van der Waals surface area (Å²) >= 11 is 0. The first-order valence-corrected chi connectivity index (χ1v) is 10.3. The summed E-state index contributed by atoms with van der Waals surface area (Å²) < 4.78 is 25.9. The van der Waals surface area contributed by atoms with E-state index < -0.39 is 24.9 Å². The smallest absolute Gasteiger partial charge is 0.276 e. The lowest BCUT2D eigenvalue weighted by molar-refractivity contribution is -0.385. The maximum Gasteiger partial charge on any atom is 0.289 e. The van der Waals surface area contributed by atoms with Gasteiger partial charge in [0.25, 0.3) is 16.5 Å². The zero-order valence-corrected chi connectivity index (χ0v) is 16.9. The van der Waals surface area contributed by atoms with Crippen LogP contribution in [-0.4, -0.2) is 23.4 Å². The second-order valence-corrected chi connectivity index (χ2v) is 7.94. The van der Waals surface area contributed by atoms with Crippen molar-refractivity contribution in [3.63, 3.8) is 0 Å². The molecule has 0 aliphatic heterocycles. The van der Waals surface area contributed by atoms with Crippen LogP contribution in [0.1, 0.15) is 0 Å². The molecule has 0 fully saturated rings. The molecule has 3 aromatic carbocycles. The molecule has 0 spiro atoms. The fraction of sp³-hybridized carbons (Fsp3) is 0. The monoisotopic (exact) mass is 454 g/mol. The van der Waals surface area contributed by atoms with E-state index in [1.54, 1.807) is 6.07 Å². The molecule has 0 saturated heterocycles. The second-order valence-electron chi connectivity index (χ2n) is 6.10. The van der Waals surface area contributed by atoms with Gasteiger partial charge in [-0.25, -0.2) is 8.42 Å². The van der Waals surface area contributed by atoms with Crippen LogP contribution in [0.4, 0.5) is 22.7 Å². The Morgan fingerprint density at radius 1 is 0.781 bits per heavy atom. The number of benzene rings is 3. The van der Waals surface area contributed by atoms with E-state index in [-0.39, 0.29) is 27.6 Å². The lowest BCUT2D eigenvalue weighted by atomic mass is 10.3. The summed E-state index contributed by atoms with van der Waals surface area (Å²) in [5.74, 6) is 0. The highest BCUT2D eigenvalue weighted by atomic mass is 32.2. The lowest BCUT2D eigenvalue weighted by Crippen LogP contribution is -2.14. The predicted molar refractivity (Wildman–Crippen MR) is 115 cm³/mol. The van der Waals surface area contributed by atoms with Crippen molar-refractivity contribution in [2.75, 3.05) is 5.43 Å². The third kappa shape index (κ3) is 5.34. The van der Waals surface area contributed by atoms with Crippen molar-refractivity contribution < 1.29 is 18.3 Å². The molecule has 0 aliphatic rings. The molecule has 0 heterocycles. The van der Waals surface area contributed by atoms with Crippen molar-refractivity contribution in [2.24, 2.45) is 15.3 Å². The number of nitro benzene ring substituents is 2. The SMILES string of the molecule is O=[N+]([O-])c1ccc(N=N/C(=N\Nc2ccc([N+](=O)[O-])cc2)S(=O)(=O)c2ccccc2)cc1. The molecule has 0 atom stereocenters. The van der Waals surface area contributed by atoms with Gasteiger partial charge >= 0.3 is 0 Å². The number of nitrogens with zero attached hydrogens (tertiary/aromatic N) is 5. The highest BCUT2D eigenvalue weighted by molar-refractivity contribution is 8.06. The van der Waals surface area contributed by atoms with Gasteiger partial charge < -0.3 is 0 Å². The number of anilines is 1. The summed E-state index contributed by atoms with van der Waals surface area (Å²) in [6, 6.07) is 17.6. The highest BCUT2D eigenvalue weighted by Crippen LogP contribution is 2.21. The second kappa shape index (κ2) is 9.53. The Hall–Kier alpha value is -4.52. The predicted octanol–water partition coefficient (Wildman–Crippen LogP) is 4.44. The van der Waals surface area contributed by atoms with Crippen LogP contribution in [0.5, 0.6) is 0 Å². The Bertz CT molecular complexity index is 1290. The molecule has 0 bridgehead atoms. The quantitative estimate of drug-likeness (QED) is 0.188. The zero-order chi connectivity index (χ0) is 23.1. The number of non-ortho nitro benzene ring substituents is 2. The van der Waals surface area contributed by atoms with E-state index in [0.717, 1.165) is 0 Å². The summed E-state index contributed by atoms with van der Waals surface area (Å²) in [5.41, 5.74) is 2.64. The molecule has 13 heteroatoms. The number of rotatable bonds is 6. The van der Waals surface area contributed by atoms with E-state index in [9.17, 15) is 28.6 Å². The average Bonchev–Trinajstić information content (AvgIpc) is 2.80. The fourth-order valence-corrected chi connectivity index (χ4v) is 3.39. The van der Waals surface area contributed by atoms with Gasteiger partial charge in [0.05, 0.1) is 26.1 Å². The van der Waals surface area contributed by atoms with Gasteiger partial charge in [-0.05, 0) is 36.4 Å². The van der Waals surface area contributed by atoms with Crippen LogP contribution in [0.25, 0.3) is 0 Å². The summed E-state index contributed by atoms with van der Waals surface area (Å²) in [6.07, 6.45) is 0. The van der Waals surface area contributed by atoms with Crippen LogP contribution in [0.3, 0.4) is 0 Å². The van der Waals surface area contributed by atoms with Crippen molar-refractivity contribution in [3.8, 4) is 0 Å². The molecular formula is C19H14N6O6S. The normalized spacial score (nSPS) is 11.9. The first-order valence-electron chi connectivity index (χ1n) is 8.82. The van der Waals surface area contributed by atoms with Crippen molar-refractivity contribution in [1.29, 1.82) is 0 Å². The van der Waals surface area contributed by atoms with E-state index in [4.69, 9.17) is 0 Å². The molecule has 0 radical (unpaired) electrons. The minimum absolute atomic E-state index is 0.0769. The molecule has 3 aromatic rings. The Balaban J connectivity index is 1.94. The van der Waals surface area contributed by atoms with Gasteiger partial charge in [0.2, 0.25) is 9.84 Å². The Kier molecular flexibility index (Phi) is 6.60. The Morgan fingerprint density at radius 3 is 1.84 bits per heavy atom. The number of nitro groups is 2. The number of hydrazone groups is 1. The van der Waals surface area contributed by atoms with Gasteiger partial charge in [-0.1, -0.05) is 18.2 Å². The summed E-state index contributed by atoms with van der Waals surface area (Å²) in [4.78, 5) is 20.3. The summed E-state index contributed by atoms with van der Waals surface area (Å²) in [5, 5.41) is 32.2. The van der Waals surface area contributed by atoms with Crippen LogP contribution >= 0.6 is 0 Å². The largest absolute Gasteiger partial charge is 0.289 e. The molecule has 0 unspecified atom stereocenters. The van der Waals surface area contributed by atoms with Gasteiger partial charge in [0.1, 0.15) is 0 Å². The third-order valence-corrected chi connectivity index (χ3v) is 5.51. The molecular weight excluding hydrogens is 440 g/mol. The van der Waals surface area contributed by atoms with Crippen molar-refractivity contribution >= 4 is 37.8 Å². The Morgan fingerprint density at radius 2 is 1.31 bits per heavy atom. The number of hydrogen-bond donors (Lipinski definition) is 1. The average molecular weight is 454 g/mol. The molecule has 0 aromatic heterocycles. The molecule has 3 rings (SSSR count). The fourth-order valence-electron chi connectivity index (χ4n) is 2.35. The number of hydrogen-bond acceptors (Lipinski definition) is 9. The first kappa shape index (κ1) is 22.2. The number of amidine groups is 1. The third-order valence-electron chi connectivity index (χ3n) is 3.96. The van der Waals surface area contributed by atoms with Crippen LogP contribution in [-0.2, 0) is 9.84 Å². The minimum atomic E-state index is -4.17.